The van der Waals surface area contributed by atoms with Crippen molar-refractivity contribution >= 4 is 23.8 Å². The van der Waals surface area contributed by atoms with Gasteiger partial charge in [-0.15, -0.1) is 0 Å². The van der Waals surface area contributed by atoms with Crippen LogP contribution >= 0.6 is 0 Å². The number of hydrogen-bond donors (Lipinski definition) is 0. The molecule has 0 spiro atoms. The van der Waals surface area contributed by atoms with Gasteiger partial charge in [-0.3, -0.25) is 9.59 Å². The number of rotatable bonds is 7. The van der Waals surface area contributed by atoms with E-state index in [4.69, 9.17) is 18.9 Å². The van der Waals surface area contributed by atoms with Gasteiger partial charge in [0.2, 0.25) is 5.91 Å². The van der Waals surface area contributed by atoms with E-state index in [-0.39, 0.29) is 24.8 Å². The molecule has 1 aliphatic heterocycles. The van der Waals surface area contributed by atoms with Crippen LogP contribution in [0.4, 0.5) is 0 Å². The zero-order valence-electron chi connectivity index (χ0n) is 19.6. The highest BCUT2D eigenvalue weighted by atomic mass is 16.5. The summed E-state index contributed by atoms with van der Waals surface area (Å²) >= 11 is 0. The summed E-state index contributed by atoms with van der Waals surface area (Å²) in [6.45, 7) is 2.32. The number of ether oxygens (including phenoxy) is 4. The van der Waals surface area contributed by atoms with E-state index in [0.29, 0.717) is 40.6 Å². The molecular formula is C26H29NO6. The smallest absolute Gasteiger partial charge is 0.222 e. The Morgan fingerprint density at radius 3 is 1.58 bits per heavy atom. The van der Waals surface area contributed by atoms with Crippen LogP contribution in [0.5, 0.6) is 23.0 Å². The summed E-state index contributed by atoms with van der Waals surface area (Å²) in [4.78, 5) is 27.6. The number of likely N-dealkylation sites (tertiary alicyclic amines) is 1. The van der Waals surface area contributed by atoms with Crippen molar-refractivity contribution in [2.24, 2.45) is 0 Å². The van der Waals surface area contributed by atoms with E-state index in [1.807, 2.05) is 19.1 Å². The van der Waals surface area contributed by atoms with Crippen molar-refractivity contribution in [2.75, 3.05) is 41.5 Å². The van der Waals surface area contributed by atoms with Crippen LogP contribution < -0.4 is 18.9 Å². The number of amides is 1. The minimum Gasteiger partial charge on any atom is -0.493 e. The van der Waals surface area contributed by atoms with Gasteiger partial charge >= 0.3 is 0 Å². The fourth-order valence-corrected chi connectivity index (χ4v) is 3.73. The maximum atomic E-state index is 13.4. The van der Waals surface area contributed by atoms with Crippen molar-refractivity contribution in [3.8, 4) is 23.0 Å². The number of ketones is 1. The summed E-state index contributed by atoms with van der Waals surface area (Å²) in [5, 5.41) is 0. The lowest BCUT2D eigenvalue weighted by Crippen LogP contribution is -2.41. The van der Waals surface area contributed by atoms with Crippen LogP contribution in [-0.4, -0.2) is 58.1 Å². The van der Waals surface area contributed by atoms with Gasteiger partial charge in [0.1, 0.15) is 0 Å². The number of Topliss-reactive ketones (excluding diaryl/α,β-unsaturated/α-hetero) is 1. The molecule has 0 aliphatic carbocycles. The molecule has 1 amide bonds. The van der Waals surface area contributed by atoms with Gasteiger partial charge in [0.25, 0.3) is 0 Å². The standard InChI is InChI=1S/C26H29NO6/c1-6-25(28)27-15-19(11-17-7-9-21(30-2)23(13-17)32-4)26(29)20(16-27)12-18-8-10-22(31-3)24(14-18)33-5/h7-14H,6,15-16H2,1-5H3/b19-11-,20-12-. The summed E-state index contributed by atoms with van der Waals surface area (Å²) in [6, 6.07) is 10.9. The maximum Gasteiger partial charge on any atom is 0.222 e. The molecule has 1 saturated heterocycles. The van der Waals surface area contributed by atoms with Crippen molar-refractivity contribution in [2.45, 2.75) is 13.3 Å². The third-order valence-corrected chi connectivity index (χ3v) is 5.46. The molecule has 0 atom stereocenters. The van der Waals surface area contributed by atoms with Gasteiger partial charge in [-0.05, 0) is 47.5 Å². The Labute approximate surface area is 194 Å². The average molecular weight is 452 g/mol. The molecular weight excluding hydrogens is 422 g/mol. The first-order valence-corrected chi connectivity index (χ1v) is 10.6. The largest absolute Gasteiger partial charge is 0.493 e. The van der Waals surface area contributed by atoms with Crippen molar-refractivity contribution in [3.63, 3.8) is 0 Å². The molecule has 33 heavy (non-hydrogen) atoms. The Kier molecular flexibility index (Phi) is 7.77. The second-order valence-corrected chi connectivity index (χ2v) is 7.50. The molecule has 1 fully saturated rings. The first-order chi connectivity index (χ1) is 15.9. The molecule has 1 aliphatic rings. The summed E-state index contributed by atoms with van der Waals surface area (Å²) in [5.41, 5.74) is 2.63. The number of nitrogens with zero attached hydrogens (tertiary/aromatic N) is 1. The Hall–Kier alpha value is -3.74. The van der Waals surface area contributed by atoms with Crippen molar-refractivity contribution in [1.82, 2.24) is 4.90 Å². The van der Waals surface area contributed by atoms with E-state index in [9.17, 15) is 9.59 Å². The summed E-state index contributed by atoms with van der Waals surface area (Å²) in [6.07, 6.45) is 3.95. The molecule has 0 aromatic heterocycles. The van der Waals surface area contributed by atoms with Crippen LogP contribution in [0.15, 0.2) is 47.5 Å². The molecule has 1 heterocycles. The predicted octanol–water partition coefficient (Wildman–Crippen LogP) is 4.01. The quantitative estimate of drug-likeness (QED) is 0.593. The highest BCUT2D eigenvalue weighted by Gasteiger charge is 2.28. The monoisotopic (exact) mass is 451 g/mol. The van der Waals surface area contributed by atoms with E-state index in [0.717, 1.165) is 11.1 Å². The normalized spacial score (nSPS) is 16.2. The molecule has 7 heteroatoms. The zero-order chi connectivity index (χ0) is 24.0. The van der Waals surface area contributed by atoms with Gasteiger partial charge in [0.15, 0.2) is 28.8 Å². The Bertz CT molecular complexity index is 1020. The van der Waals surface area contributed by atoms with E-state index in [2.05, 4.69) is 0 Å². The number of methoxy groups -OCH3 is 4. The van der Waals surface area contributed by atoms with Crippen LogP contribution in [0.25, 0.3) is 12.2 Å². The molecule has 174 valence electrons. The third-order valence-electron chi connectivity index (χ3n) is 5.46. The summed E-state index contributed by atoms with van der Waals surface area (Å²) in [5.74, 6) is 2.23. The minimum atomic E-state index is -0.0975. The average Bonchev–Trinajstić information content (AvgIpc) is 2.85. The maximum absolute atomic E-state index is 13.4. The molecule has 0 radical (unpaired) electrons. The highest BCUT2D eigenvalue weighted by molar-refractivity contribution is 6.15. The SMILES string of the molecule is CCC(=O)N1C/C(=C/c2ccc(OC)c(OC)c2)C(=O)/C(=C\c2ccc(OC)c(OC)c2)C1. The van der Waals surface area contributed by atoms with Crippen LogP contribution in [0.2, 0.25) is 0 Å². The molecule has 0 bridgehead atoms. The molecule has 7 nitrogen and oxygen atoms in total. The summed E-state index contributed by atoms with van der Waals surface area (Å²) < 4.78 is 21.3. The first kappa shape index (κ1) is 23.9. The molecule has 0 saturated carbocycles. The number of hydrogen-bond acceptors (Lipinski definition) is 6. The lowest BCUT2D eigenvalue weighted by molar-refractivity contribution is -0.131. The second kappa shape index (κ2) is 10.7. The van der Waals surface area contributed by atoms with Crippen LogP contribution in [0.3, 0.4) is 0 Å². The van der Waals surface area contributed by atoms with Gasteiger partial charge in [0.05, 0.1) is 28.4 Å². The molecule has 2 aromatic carbocycles. The fraction of sp³-hybridized carbons (Fsp3) is 0.308. The van der Waals surface area contributed by atoms with E-state index in [1.54, 1.807) is 69.8 Å². The van der Waals surface area contributed by atoms with Crippen molar-refractivity contribution in [3.05, 3.63) is 58.7 Å². The van der Waals surface area contributed by atoms with Crippen LogP contribution in [0, 0.1) is 0 Å². The van der Waals surface area contributed by atoms with E-state index < -0.39 is 0 Å². The predicted molar refractivity (Wildman–Crippen MR) is 127 cm³/mol. The van der Waals surface area contributed by atoms with Crippen LogP contribution in [-0.2, 0) is 9.59 Å². The first-order valence-electron chi connectivity index (χ1n) is 10.6. The van der Waals surface area contributed by atoms with Gasteiger partial charge in [-0.25, -0.2) is 0 Å². The lowest BCUT2D eigenvalue weighted by Gasteiger charge is -2.30. The summed E-state index contributed by atoms with van der Waals surface area (Å²) in [7, 11) is 6.26. The third kappa shape index (κ3) is 5.37. The molecule has 2 aromatic rings. The van der Waals surface area contributed by atoms with Gasteiger partial charge < -0.3 is 23.8 Å². The lowest BCUT2D eigenvalue weighted by atomic mass is 9.94. The highest BCUT2D eigenvalue weighted by Crippen LogP contribution is 2.31. The van der Waals surface area contributed by atoms with Gasteiger partial charge in [-0.2, -0.15) is 0 Å². The zero-order valence-corrected chi connectivity index (χ0v) is 19.6. The molecule has 3 rings (SSSR count). The van der Waals surface area contributed by atoms with Gasteiger partial charge in [-0.1, -0.05) is 19.1 Å². The van der Waals surface area contributed by atoms with E-state index >= 15 is 0 Å². The Morgan fingerprint density at radius 2 is 1.21 bits per heavy atom. The molecule has 0 N–H and O–H groups in total. The Morgan fingerprint density at radius 1 is 0.788 bits per heavy atom. The van der Waals surface area contributed by atoms with Crippen LogP contribution in [0.1, 0.15) is 24.5 Å². The fourth-order valence-electron chi connectivity index (χ4n) is 3.73. The van der Waals surface area contributed by atoms with E-state index in [1.165, 1.54) is 0 Å². The minimum absolute atomic E-state index is 0.0149. The second-order valence-electron chi connectivity index (χ2n) is 7.50. The Balaban J connectivity index is 2.02. The van der Waals surface area contributed by atoms with Crippen molar-refractivity contribution < 1.29 is 28.5 Å². The number of carbonyl (C=O) groups excluding carboxylic acids is 2. The van der Waals surface area contributed by atoms with Crippen molar-refractivity contribution in [1.29, 1.82) is 0 Å². The number of piperidine rings is 1. The topological polar surface area (TPSA) is 74.3 Å². The van der Waals surface area contributed by atoms with Gasteiger partial charge in [0, 0.05) is 30.7 Å². The number of benzene rings is 2. The molecule has 0 unspecified atom stereocenters. The number of carbonyl (C=O) groups is 2.